The number of nitrogens with one attached hydrogen (secondary N) is 2. The van der Waals surface area contributed by atoms with Crippen LogP contribution >= 0.6 is 11.6 Å². The molecule has 17 heavy (non-hydrogen) atoms. The molecular weight excluding hydrogens is 242 g/mol. The van der Waals surface area contributed by atoms with Crippen LogP contribution in [0.4, 0.5) is 5.82 Å². The summed E-state index contributed by atoms with van der Waals surface area (Å²) in [7, 11) is 0. The van der Waals surface area contributed by atoms with E-state index in [-0.39, 0.29) is 11.5 Å². The summed E-state index contributed by atoms with van der Waals surface area (Å²) < 4.78 is 0. The fourth-order valence-corrected chi connectivity index (χ4v) is 1.30. The van der Waals surface area contributed by atoms with E-state index in [0.717, 1.165) is 0 Å². The van der Waals surface area contributed by atoms with Gasteiger partial charge >= 0.3 is 0 Å². The van der Waals surface area contributed by atoms with Gasteiger partial charge < -0.3 is 10.3 Å². The van der Waals surface area contributed by atoms with Crippen LogP contribution < -0.4 is 10.9 Å². The van der Waals surface area contributed by atoms with E-state index in [4.69, 9.17) is 11.6 Å². The molecule has 2 aromatic heterocycles. The molecule has 0 unspecified atom stereocenters. The number of nitrogens with zero attached hydrogens (tertiary/aromatic N) is 1. The molecule has 0 aromatic carbocycles. The van der Waals surface area contributed by atoms with Gasteiger partial charge in [0.1, 0.15) is 5.82 Å². The van der Waals surface area contributed by atoms with Gasteiger partial charge in [-0.05, 0) is 18.2 Å². The van der Waals surface area contributed by atoms with Gasteiger partial charge in [0.15, 0.2) is 0 Å². The van der Waals surface area contributed by atoms with Crippen LogP contribution in [0.5, 0.6) is 0 Å². The number of anilines is 1. The van der Waals surface area contributed by atoms with Crippen molar-refractivity contribution < 1.29 is 4.79 Å². The van der Waals surface area contributed by atoms with Crippen molar-refractivity contribution in [3.05, 3.63) is 57.6 Å². The summed E-state index contributed by atoms with van der Waals surface area (Å²) in [5, 5.41) is 3.07. The molecule has 0 aliphatic carbocycles. The molecule has 86 valence electrons. The predicted molar refractivity (Wildman–Crippen MR) is 64.3 cm³/mol. The molecular formula is C11H8ClN3O2. The third-order valence-electron chi connectivity index (χ3n) is 2.02. The van der Waals surface area contributed by atoms with Crippen LogP contribution in [0.15, 0.2) is 41.5 Å². The van der Waals surface area contributed by atoms with E-state index in [1.54, 1.807) is 12.1 Å². The molecule has 0 radical (unpaired) electrons. The zero-order chi connectivity index (χ0) is 12.3. The average Bonchev–Trinajstić information content (AvgIpc) is 2.33. The van der Waals surface area contributed by atoms with Crippen LogP contribution in [-0.4, -0.2) is 15.9 Å². The van der Waals surface area contributed by atoms with Crippen molar-refractivity contribution in [2.45, 2.75) is 0 Å². The largest absolute Gasteiger partial charge is 0.328 e. The Balaban J connectivity index is 2.14. The van der Waals surface area contributed by atoms with Gasteiger partial charge in [0.05, 0.1) is 10.6 Å². The molecule has 0 saturated heterocycles. The minimum atomic E-state index is -0.351. The standard InChI is InChI=1S/C11H8ClN3O2/c12-8-2-3-9(13-6-8)15-11(17)7-1-4-10(16)14-5-7/h1-6H,(H,14,16)(H,13,15,17). The molecule has 0 fully saturated rings. The van der Waals surface area contributed by atoms with E-state index in [9.17, 15) is 9.59 Å². The molecule has 2 aromatic rings. The lowest BCUT2D eigenvalue weighted by atomic mass is 10.2. The molecule has 2 rings (SSSR count). The average molecular weight is 250 g/mol. The van der Waals surface area contributed by atoms with Crippen molar-refractivity contribution in [1.82, 2.24) is 9.97 Å². The third-order valence-corrected chi connectivity index (χ3v) is 2.24. The first-order chi connectivity index (χ1) is 8.15. The molecule has 2 heterocycles. The number of H-pyrrole nitrogens is 1. The van der Waals surface area contributed by atoms with E-state index in [2.05, 4.69) is 15.3 Å². The topological polar surface area (TPSA) is 74.8 Å². The van der Waals surface area contributed by atoms with Gasteiger partial charge in [-0.25, -0.2) is 4.98 Å². The van der Waals surface area contributed by atoms with Gasteiger partial charge in [-0.1, -0.05) is 11.6 Å². The number of carbonyl (C=O) groups excluding carboxylic acids is 1. The Bertz CT molecular complexity index is 572. The summed E-state index contributed by atoms with van der Waals surface area (Å²) in [6, 6.07) is 5.93. The first-order valence-electron chi connectivity index (χ1n) is 4.77. The second kappa shape index (κ2) is 4.80. The quantitative estimate of drug-likeness (QED) is 0.850. The normalized spacial score (nSPS) is 9.94. The maximum absolute atomic E-state index is 11.7. The van der Waals surface area contributed by atoms with Gasteiger partial charge in [-0.3, -0.25) is 9.59 Å². The minimum Gasteiger partial charge on any atom is -0.328 e. The molecule has 2 N–H and O–H groups in total. The minimum absolute atomic E-state index is 0.258. The molecule has 1 amide bonds. The van der Waals surface area contributed by atoms with Crippen LogP contribution in [0.2, 0.25) is 5.02 Å². The van der Waals surface area contributed by atoms with E-state index in [1.165, 1.54) is 24.5 Å². The Kier molecular flexibility index (Phi) is 3.20. The number of halogens is 1. The lowest BCUT2D eigenvalue weighted by molar-refractivity contribution is 0.102. The highest BCUT2D eigenvalue weighted by Crippen LogP contribution is 2.10. The van der Waals surface area contributed by atoms with Crippen molar-refractivity contribution in [3.63, 3.8) is 0 Å². The Hall–Kier alpha value is -2.14. The number of aromatic amines is 1. The zero-order valence-electron chi connectivity index (χ0n) is 8.61. The van der Waals surface area contributed by atoms with Crippen LogP contribution in [-0.2, 0) is 0 Å². The fraction of sp³-hybridized carbons (Fsp3) is 0. The number of rotatable bonds is 2. The number of hydrogen-bond acceptors (Lipinski definition) is 3. The number of hydrogen-bond donors (Lipinski definition) is 2. The monoisotopic (exact) mass is 249 g/mol. The van der Waals surface area contributed by atoms with Crippen LogP contribution in [0.1, 0.15) is 10.4 Å². The number of carbonyl (C=O) groups is 1. The first kappa shape index (κ1) is 11.3. The van der Waals surface area contributed by atoms with Gasteiger partial charge in [0.25, 0.3) is 5.91 Å². The summed E-state index contributed by atoms with van der Waals surface area (Å²) in [5.41, 5.74) is 0.0903. The molecule has 0 aliphatic heterocycles. The lowest BCUT2D eigenvalue weighted by Gasteiger charge is -2.03. The Morgan fingerprint density at radius 3 is 2.71 bits per heavy atom. The summed E-state index contributed by atoms with van der Waals surface area (Å²) in [6.07, 6.45) is 2.78. The lowest BCUT2D eigenvalue weighted by Crippen LogP contribution is -2.15. The van der Waals surface area contributed by atoms with Gasteiger partial charge in [-0.15, -0.1) is 0 Å². The molecule has 6 heteroatoms. The van der Waals surface area contributed by atoms with E-state index >= 15 is 0 Å². The second-order valence-corrected chi connectivity index (χ2v) is 3.69. The van der Waals surface area contributed by atoms with Crippen molar-refractivity contribution >= 4 is 23.3 Å². The Morgan fingerprint density at radius 2 is 2.12 bits per heavy atom. The Morgan fingerprint density at radius 1 is 1.29 bits per heavy atom. The highest BCUT2D eigenvalue weighted by molar-refractivity contribution is 6.30. The van der Waals surface area contributed by atoms with Crippen LogP contribution in [0.3, 0.4) is 0 Å². The third kappa shape index (κ3) is 2.92. The second-order valence-electron chi connectivity index (χ2n) is 3.26. The molecule has 0 atom stereocenters. The van der Waals surface area contributed by atoms with Gasteiger partial charge in [0.2, 0.25) is 5.56 Å². The summed E-state index contributed by atoms with van der Waals surface area (Å²) in [4.78, 5) is 28.9. The highest BCUT2D eigenvalue weighted by Gasteiger charge is 2.06. The van der Waals surface area contributed by atoms with E-state index in [0.29, 0.717) is 16.4 Å². The molecule has 0 aliphatic rings. The van der Waals surface area contributed by atoms with Crippen LogP contribution in [0.25, 0.3) is 0 Å². The smallest absolute Gasteiger partial charge is 0.258 e. The van der Waals surface area contributed by atoms with Crippen molar-refractivity contribution in [2.24, 2.45) is 0 Å². The first-order valence-corrected chi connectivity index (χ1v) is 5.14. The van der Waals surface area contributed by atoms with Crippen molar-refractivity contribution in [3.8, 4) is 0 Å². The number of amides is 1. The molecule has 0 spiro atoms. The SMILES string of the molecule is O=C(Nc1ccc(Cl)cn1)c1ccc(=O)[nH]c1. The van der Waals surface area contributed by atoms with Crippen molar-refractivity contribution in [1.29, 1.82) is 0 Å². The number of pyridine rings is 2. The fourth-order valence-electron chi connectivity index (χ4n) is 1.19. The summed E-state index contributed by atoms with van der Waals surface area (Å²) in [5.74, 6) is 0.0432. The van der Waals surface area contributed by atoms with Crippen molar-refractivity contribution in [2.75, 3.05) is 5.32 Å². The summed E-state index contributed by atoms with van der Waals surface area (Å²) >= 11 is 5.67. The maximum Gasteiger partial charge on any atom is 0.258 e. The highest BCUT2D eigenvalue weighted by atomic mass is 35.5. The van der Waals surface area contributed by atoms with E-state index in [1.807, 2.05) is 0 Å². The molecule has 0 bridgehead atoms. The van der Waals surface area contributed by atoms with E-state index < -0.39 is 0 Å². The Labute approximate surface area is 101 Å². The molecule has 0 saturated carbocycles. The summed E-state index contributed by atoms with van der Waals surface area (Å²) in [6.45, 7) is 0. The maximum atomic E-state index is 11.7. The van der Waals surface area contributed by atoms with Gasteiger partial charge in [-0.2, -0.15) is 0 Å². The van der Waals surface area contributed by atoms with Gasteiger partial charge in [0, 0.05) is 18.5 Å². The van der Waals surface area contributed by atoms with Crippen LogP contribution in [0, 0.1) is 0 Å². The zero-order valence-corrected chi connectivity index (χ0v) is 9.36. The number of aromatic nitrogens is 2. The predicted octanol–water partition coefficient (Wildman–Crippen LogP) is 1.68. The molecule has 5 nitrogen and oxygen atoms in total.